The Morgan fingerprint density at radius 1 is 0.312 bits per heavy atom. The minimum atomic E-state index is -0.712. The van der Waals surface area contributed by atoms with Crippen molar-refractivity contribution >= 4 is 39.0 Å². The van der Waals surface area contributed by atoms with E-state index in [9.17, 15) is 0 Å². The van der Waals surface area contributed by atoms with Crippen LogP contribution in [-0.4, -0.2) is 0 Å². The Labute approximate surface area is 373 Å². The van der Waals surface area contributed by atoms with Gasteiger partial charge in [-0.3, -0.25) is 0 Å². The number of hydrogen-bond donors (Lipinski definition) is 0. The van der Waals surface area contributed by atoms with E-state index in [4.69, 9.17) is 4.42 Å². The summed E-state index contributed by atoms with van der Waals surface area (Å²) in [5.41, 5.74) is 19.0. The molecule has 1 aromatic heterocycles. The quantitative estimate of drug-likeness (QED) is 0.159. The normalized spacial score (nSPS) is 16.9. The average molecular weight is 816 g/mol. The van der Waals surface area contributed by atoms with Crippen LogP contribution in [0.2, 0.25) is 0 Å². The molecular weight excluding hydrogens is 775 g/mol. The smallest absolute Gasteiger partial charge is 0.135 e. The molecule has 10 aromatic carbocycles. The molecule has 1 heterocycles. The summed E-state index contributed by atoms with van der Waals surface area (Å²) in [5, 5.41) is 2.26. The predicted octanol–water partition coefficient (Wildman–Crippen LogP) is 15.8. The molecule has 0 fully saturated rings. The first-order valence-corrected chi connectivity index (χ1v) is 22.2. The molecular formula is C62H41NO. The number of para-hydroxylation sites is 3. The van der Waals surface area contributed by atoms with Gasteiger partial charge in [-0.15, -0.1) is 0 Å². The zero-order chi connectivity index (χ0) is 42.2. The van der Waals surface area contributed by atoms with Crippen LogP contribution in [0.1, 0.15) is 44.5 Å². The highest BCUT2D eigenvalue weighted by Gasteiger charge is 2.58. The van der Waals surface area contributed by atoms with Crippen molar-refractivity contribution in [3.63, 3.8) is 0 Å². The van der Waals surface area contributed by atoms with Crippen molar-refractivity contribution in [2.75, 3.05) is 4.90 Å². The Balaban J connectivity index is 1.08. The van der Waals surface area contributed by atoms with Gasteiger partial charge in [0.1, 0.15) is 11.2 Å². The second kappa shape index (κ2) is 14.2. The van der Waals surface area contributed by atoms with Crippen molar-refractivity contribution in [3.8, 4) is 22.3 Å². The van der Waals surface area contributed by atoms with Gasteiger partial charge in [-0.2, -0.15) is 0 Å². The first-order valence-electron chi connectivity index (χ1n) is 22.2. The Hall–Kier alpha value is -8.20. The maximum absolute atomic E-state index is 6.19. The maximum Gasteiger partial charge on any atom is 0.135 e. The molecule has 2 atom stereocenters. The van der Waals surface area contributed by atoms with Gasteiger partial charge in [0.25, 0.3) is 0 Å². The van der Waals surface area contributed by atoms with Crippen LogP contribution in [0.4, 0.5) is 17.1 Å². The molecule has 0 bridgehead atoms. The number of rotatable bonds is 7. The Kier molecular flexibility index (Phi) is 8.07. The Bertz CT molecular complexity index is 3550. The molecule has 0 amide bonds. The van der Waals surface area contributed by atoms with Gasteiger partial charge in [0, 0.05) is 22.1 Å². The molecule has 64 heavy (non-hydrogen) atoms. The van der Waals surface area contributed by atoms with E-state index in [-0.39, 0.29) is 0 Å². The molecule has 0 aliphatic heterocycles. The molecule has 0 saturated carbocycles. The summed E-state index contributed by atoms with van der Waals surface area (Å²) >= 11 is 0. The fraction of sp³-hybridized carbons (Fsp3) is 0.0323. The lowest BCUT2D eigenvalue weighted by Gasteiger charge is -2.50. The fourth-order valence-electron chi connectivity index (χ4n) is 11.5. The molecule has 0 radical (unpaired) electrons. The van der Waals surface area contributed by atoms with E-state index in [0.29, 0.717) is 0 Å². The van der Waals surface area contributed by atoms with Gasteiger partial charge >= 0.3 is 0 Å². The van der Waals surface area contributed by atoms with Crippen LogP contribution in [0.3, 0.4) is 0 Å². The average Bonchev–Trinajstić information content (AvgIpc) is 3.90. The third-order valence-electron chi connectivity index (χ3n) is 14.0. The van der Waals surface area contributed by atoms with E-state index >= 15 is 0 Å². The van der Waals surface area contributed by atoms with E-state index in [2.05, 4.69) is 241 Å². The van der Waals surface area contributed by atoms with Gasteiger partial charge in [-0.05, 0) is 115 Å². The van der Waals surface area contributed by atoms with Crippen LogP contribution < -0.4 is 4.90 Å². The SMILES string of the molecule is c1ccc(N(c2ccc(-c3ccc4oc5ccccc5c4c3)cc2)c2ccccc2C2(c3ccccc3)c3ccccc3C3(c4ccccc4)c4ccccc4-c4cccc2c43)cc1. The highest BCUT2D eigenvalue weighted by molar-refractivity contribution is 6.06. The molecule has 0 saturated heterocycles. The lowest BCUT2D eigenvalue weighted by Crippen LogP contribution is -2.44. The topological polar surface area (TPSA) is 16.4 Å². The monoisotopic (exact) mass is 815 g/mol. The molecule has 2 heteroatoms. The lowest BCUT2D eigenvalue weighted by atomic mass is 9.51. The van der Waals surface area contributed by atoms with Gasteiger partial charge < -0.3 is 9.32 Å². The summed E-state index contributed by atoms with van der Waals surface area (Å²) in [7, 11) is 0. The maximum atomic E-state index is 6.19. The summed E-state index contributed by atoms with van der Waals surface area (Å²) < 4.78 is 6.19. The third-order valence-corrected chi connectivity index (χ3v) is 14.0. The van der Waals surface area contributed by atoms with Crippen LogP contribution in [0.5, 0.6) is 0 Å². The number of benzene rings is 10. The predicted molar refractivity (Wildman–Crippen MR) is 263 cm³/mol. The van der Waals surface area contributed by atoms with Crippen molar-refractivity contribution in [1.29, 1.82) is 0 Å². The zero-order valence-electron chi connectivity index (χ0n) is 35.0. The van der Waals surface area contributed by atoms with Crippen molar-refractivity contribution in [2.24, 2.45) is 0 Å². The molecule has 300 valence electrons. The van der Waals surface area contributed by atoms with Crippen LogP contribution in [0.15, 0.2) is 253 Å². The second-order valence-corrected chi connectivity index (χ2v) is 17.1. The molecule has 2 aliphatic carbocycles. The van der Waals surface area contributed by atoms with Crippen molar-refractivity contribution in [2.45, 2.75) is 10.8 Å². The summed E-state index contributed by atoms with van der Waals surface area (Å²) in [4.78, 5) is 2.45. The summed E-state index contributed by atoms with van der Waals surface area (Å²) in [6, 6.07) is 91.7. The molecule has 11 aromatic rings. The van der Waals surface area contributed by atoms with Gasteiger partial charge in [0.15, 0.2) is 0 Å². The van der Waals surface area contributed by atoms with E-state index in [1.165, 1.54) is 55.6 Å². The summed E-state index contributed by atoms with van der Waals surface area (Å²) in [6.07, 6.45) is 0. The Morgan fingerprint density at radius 2 is 0.828 bits per heavy atom. The van der Waals surface area contributed by atoms with Crippen molar-refractivity contribution in [1.82, 2.24) is 0 Å². The minimum absolute atomic E-state index is 0.520. The van der Waals surface area contributed by atoms with Gasteiger partial charge in [0.05, 0.1) is 16.5 Å². The Morgan fingerprint density at radius 3 is 1.58 bits per heavy atom. The van der Waals surface area contributed by atoms with Crippen LogP contribution in [0.25, 0.3) is 44.2 Å². The van der Waals surface area contributed by atoms with E-state index < -0.39 is 10.8 Å². The van der Waals surface area contributed by atoms with Crippen LogP contribution in [-0.2, 0) is 10.8 Å². The number of fused-ring (bicyclic) bond motifs is 8. The second-order valence-electron chi connectivity index (χ2n) is 17.1. The van der Waals surface area contributed by atoms with Gasteiger partial charge in [-0.1, -0.05) is 200 Å². The van der Waals surface area contributed by atoms with Crippen molar-refractivity contribution in [3.05, 3.63) is 293 Å². The molecule has 2 aliphatic rings. The van der Waals surface area contributed by atoms with Crippen LogP contribution in [0, 0.1) is 0 Å². The fourth-order valence-corrected chi connectivity index (χ4v) is 11.5. The van der Waals surface area contributed by atoms with Gasteiger partial charge in [0.2, 0.25) is 0 Å². The van der Waals surface area contributed by atoms with Crippen molar-refractivity contribution < 1.29 is 4.42 Å². The van der Waals surface area contributed by atoms with Gasteiger partial charge in [-0.25, -0.2) is 0 Å². The summed E-state index contributed by atoms with van der Waals surface area (Å²) in [6.45, 7) is 0. The molecule has 0 N–H and O–H groups in total. The lowest BCUT2D eigenvalue weighted by molar-refractivity contribution is 0.627. The standard InChI is InChI=1S/C62H41NO/c1-4-19-44(20-5-1)61(53-29-13-14-30-54(53)62(45-21-6-2-7-22-45)52-28-12-10-25-48(52)50-27-18-32-56(61)60(50)62)55-31-15-16-33-57(55)63(46-23-8-3-9-24-46)47-38-35-42(36-39-47)43-37-40-59-51(41-43)49-26-11-17-34-58(49)64-59/h1-41H. The zero-order valence-corrected chi connectivity index (χ0v) is 35.0. The third kappa shape index (κ3) is 5.02. The van der Waals surface area contributed by atoms with E-state index in [1.54, 1.807) is 0 Å². The molecule has 2 unspecified atom stereocenters. The number of anilines is 3. The molecule has 2 nitrogen and oxygen atoms in total. The first kappa shape index (κ1) is 36.5. The van der Waals surface area contributed by atoms with E-state index in [0.717, 1.165) is 50.1 Å². The highest BCUT2D eigenvalue weighted by atomic mass is 16.3. The molecule has 13 rings (SSSR count). The number of hydrogen-bond acceptors (Lipinski definition) is 2. The number of furan rings is 1. The minimum Gasteiger partial charge on any atom is -0.456 e. The number of nitrogens with zero attached hydrogens (tertiary/aromatic N) is 1. The molecule has 0 spiro atoms. The van der Waals surface area contributed by atoms with E-state index in [1.807, 2.05) is 12.1 Å². The largest absolute Gasteiger partial charge is 0.456 e. The highest BCUT2D eigenvalue weighted by Crippen LogP contribution is 2.66. The first-order chi connectivity index (χ1) is 31.8. The summed E-state index contributed by atoms with van der Waals surface area (Å²) in [5.74, 6) is 0. The van der Waals surface area contributed by atoms with Crippen LogP contribution >= 0.6 is 0 Å².